The van der Waals surface area contributed by atoms with Gasteiger partial charge in [0, 0.05) is 18.9 Å². The third kappa shape index (κ3) is 2.51. The van der Waals surface area contributed by atoms with Crippen LogP contribution in [-0.4, -0.2) is 25.3 Å². The molecule has 21 heavy (non-hydrogen) atoms. The third-order valence-electron chi connectivity index (χ3n) is 3.61. The van der Waals surface area contributed by atoms with Crippen LogP contribution in [0.3, 0.4) is 0 Å². The largest absolute Gasteiger partial charge is 0.363 e. The van der Waals surface area contributed by atoms with E-state index in [0.717, 1.165) is 23.8 Å². The van der Waals surface area contributed by atoms with Crippen molar-refractivity contribution in [1.29, 1.82) is 0 Å². The molecule has 0 radical (unpaired) electrons. The molecule has 0 unspecified atom stereocenters. The molecular formula is C14H15N5S2. The predicted octanol–water partition coefficient (Wildman–Crippen LogP) is 3.37. The van der Waals surface area contributed by atoms with Crippen molar-refractivity contribution in [2.75, 3.05) is 11.1 Å². The highest BCUT2D eigenvalue weighted by Gasteiger charge is 2.23. The molecule has 3 aromatic heterocycles. The molecule has 0 bridgehead atoms. The molecule has 7 heteroatoms. The zero-order valence-electron chi connectivity index (χ0n) is 11.4. The Morgan fingerprint density at radius 2 is 2.38 bits per heavy atom. The molecule has 4 heterocycles. The van der Waals surface area contributed by atoms with Crippen molar-refractivity contribution in [3.05, 3.63) is 40.6 Å². The van der Waals surface area contributed by atoms with E-state index in [1.807, 2.05) is 24.2 Å². The highest BCUT2D eigenvalue weighted by atomic mass is 32.2. The first-order chi connectivity index (χ1) is 10.4. The first kappa shape index (κ1) is 13.1. The number of anilines is 1. The summed E-state index contributed by atoms with van der Waals surface area (Å²) in [4.78, 5) is 4.41. The second-order valence-corrected chi connectivity index (χ2v) is 7.11. The van der Waals surface area contributed by atoms with Crippen LogP contribution in [0, 0.1) is 0 Å². The van der Waals surface area contributed by atoms with Crippen LogP contribution in [-0.2, 0) is 6.54 Å². The highest BCUT2D eigenvalue weighted by Crippen LogP contribution is 2.39. The van der Waals surface area contributed by atoms with E-state index in [4.69, 9.17) is 0 Å². The first-order valence-corrected chi connectivity index (χ1v) is 8.97. The van der Waals surface area contributed by atoms with Gasteiger partial charge in [-0.15, -0.1) is 10.2 Å². The number of fused-ring (bicyclic) bond motifs is 1. The summed E-state index contributed by atoms with van der Waals surface area (Å²) < 4.78 is 2.08. The van der Waals surface area contributed by atoms with Gasteiger partial charge in [-0.1, -0.05) is 0 Å². The minimum absolute atomic E-state index is 0.465. The van der Waals surface area contributed by atoms with E-state index in [0.29, 0.717) is 5.25 Å². The fourth-order valence-corrected chi connectivity index (χ4v) is 4.48. The number of rotatable bonds is 4. The molecule has 3 aromatic rings. The Morgan fingerprint density at radius 3 is 3.19 bits per heavy atom. The minimum Gasteiger partial charge on any atom is -0.363 e. The number of nitrogens with one attached hydrogen (secondary N) is 1. The van der Waals surface area contributed by atoms with Gasteiger partial charge < -0.3 is 5.32 Å². The number of aromatic nitrogens is 4. The van der Waals surface area contributed by atoms with E-state index < -0.39 is 0 Å². The van der Waals surface area contributed by atoms with Gasteiger partial charge in [0.15, 0.2) is 11.6 Å². The molecule has 1 N–H and O–H groups in total. The van der Waals surface area contributed by atoms with Crippen molar-refractivity contribution in [2.45, 2.75) is 24.6 Å². The molecule has 5 nitrogen and oxygen atoms in total. The fraction of sp³-hybridized carbons (Fsp3) is 0.357. The lowest BCUT2D eigenvalue weighted by atomic mass is 10.2. The van der Waals surface area contributed by atoms with Crippen LogP contribution in [0.25, 0.3) is 5.65 Å². The Labute approximate surface area is 130 Å². The zero-order chi connectivity index (χ0) is 14.1. The second-order valence-electron chi connectivity index (χ2n) is 5.01. The summed E-state index contributed by atoms with van der Waals surface area (Å²) in [5.74, 6) is 3.06. The number of thiophene rings is 1. The molecule has 1 atom stereocenters. The molecule has 1 aliphatic rings. The predicted molar refractivity (Wildman–Crippen MR) is 86.9 cm³/mol. The summed E-state index contributed by atoms with van der Waals surface area (Å²) in [6.07, 6.45) is 6.22. The SMILES string of the molecule is c1cn2c([C@@H]3CCCS3)nnc2c(NCc2ccsc2)n1. The van der Waals surface area contributed by atoms with E-state index in [1.165, 1.54) is 24.2 Å². The van der Waals surface area contributed by atoms with Gasteiger partial charge in [0.1, 0.15) is 0 Å². The third-order valence-corrected chi connectivity index (χ3v) is 5.72. The summed E-state index contributed by atoms with van der Waals surface area (Å²) in [7, 11) is 0. The second kappa shape index (κ2) is 5.65. The Bertz CT molecular complexity index is 731. The smallest absolute Gasteiger partial charge is 0.203 e. The van der Waals surface area contributed by atoms with Crippen LogP contribution in [0.1, 0.15) is 29.5 Å². The Kier molecular flexibility index (Phi) is 3.52. The van der Waals surface area contributed by atoms with Crippen molar-refractivity contribution in [3.8, 4) is 0 Å². The summed E-state index contributed by atoms with van der Waals surface area (Å²) >= 11 is 3.67. The highest BCUT2D eigenvalue weighted by molar-refractivity contribution is 7.99. The molecule has 0 aromatic carbocycles. The maximum absolute atomic E-state index is 4.41. The van der Waals surface area contributed by atoms with Crippen LogP contribution in [0.2, 0.25) is 0 Å². The van der Waals surface area contributed by atoms with E-state index >= 15 is 0 Å². The quantitative estimate of drug-likeness (QED) is 0.799. The lowest BCUT2D eigenvalue weighted by Gasteiger charge is -2.08. The molecule has 1 saturated heterocycles. The average molecular weight is 317 g/mol. The van der Waals surface area contributed by atoms with Gasteiger partial charge in [-0.05, 0) is 41.0 Å². The molecular weight excluding hydrogens is 302 g/mol. The normalized spacial score (nSPS) is 18.4. The molecule has 4 rings (SSSR count). The maximum atomic E-state index is 4.41. The lowest BCUT2D eigenvalue weighted by molar-refractivity contribution is 0.765. The zero-order valence-corrected chi connectivity index (χ0v) is 13.0. The van der Waals surface area contributed by atoms with E-state index in [-0.39, 0.29) is 0 Å². The van der Waals surface area contributed by atoms with Crippen molar-refractivity contribution in [1.82, 2.24) is 19.6 Å². The number of hydrogen-bond acceptors (Lipinski definition) is 6. The van der Waals surface area contributed by atoms with Crippen LogP contribution in [0.5, 0.6) is 0 Å². The minimum atomic E-state index is 0.465. The fourth-order valence-electron chi connectivity index (χ4n) is 2.55. The molecule has 108 valence electrons. The Balaban J connectivity index is 1.63. The van der Waals surface area contributed by atoms with Crippen molar-refractivity contribution in [2.24, 2.45) is 0 Å². The van der Waals surface area contributed by atoms with Crippen LogP contribution in [0.4, 0.5) is 5.82 Å². The molecule has 1 aliphatic heterocycles. The van der Waals surface area contributed by atoms with Gasteiger partial charge in [-0.2, -0.15) is 23.1 Å². The Hall–Kier alpha value is -1.60. The van der Waals surface area contributed by atoms with Gasteiger partial charge in [0.05, 0.1) is 5.25 Å². The Morgan fingerprint density at radius 1 is 1.38 bits per heavy atom. The van der Waals surface area contributed by atoms with E-state index in [2.05, 4.69) is 41.7 Å². The van der Waals surface area contributed by atoms with Gasteiger partial charge in [-0.25, -0.2) is 4.98 Å². The summed E-state index contributed by atoms with van der Waals surface area (Å²) in [6, 6.07) is 2.11. The average Bonchev–Trinajstić information content (AvgIpc) is 3.24. The van der Waals surface area contributed by atoms with Gasteiger partial charge in [-0.3, -0.25) is 4.40 Å². The maximum Gasteiger partial charge on any atom is 0.203 e. The van der Waals surface area contributed by atoms with E-state index in [1.54, 1.807) is 11.3 Å². The molecule has 1 fully saturated rings. The van der Waals surface area contributed by atoms with Crippen molar-refractivity contribution in [3.63, 3.8) is 0 Å². The van der Waals surface area contributed by atoms with Gasteiger partial charge in [0.2, 0.25) is 5.65 Å². The van der Waals surface area contributed by atoms with Crippen molar-refractivity contribution >= 4 is 34.6 Å². The van der Waals surface area contributed by atoms with Crippen LogP contribution < -0.4 is 5.32 Å². The molecule has 0 spiro atoms. The van der Waals surface area contributed by atoms with Crippen LogP contribution in [0.15, 0.2) is 29.2 Å². The van der Waals surface area contributed by atoms with Gasteiger partial charge >= 0.3 is 0 Å². The summed E-state index contributed by atoms with van der Waals surface area (Å²) in [5, 5.41) is 16.8. The number of thioether (sulfide) groups is 1. The molecule has 0 saturated carbocycles. The summed E-state index contributed by atoms with van der Waals surface area (Å²) in [6.45, 7) is 0.760. The molecule has 0 aliphatic carbocycles. The summed E-state index contributed by atoms with van der Waals surface area (Å²) in [5.41, 5.74) is 2.07. The standard InChI is InChI=1S/C14H15N5S2/c1-2-11(21-6-1)13-17-18-14-12(15-4-5-19(13)14)16-8-10-3-7-20-9-10/h3-5,7,9,11H,1-2,6,8H2,(H,15,16)/t11-/m0/s1. The van der Waals surface area contributed by atoms with Gasteiger partial charge in [0.25, 0.3) is 0 Å². The van der Waals surface area contributed by atoms with E-state index in [9.17, 15) is 0 Å². The first-order valence-electron chi connectivity index (χ1n) is 6.98. The topological polar surface area (TPSA) is 55.1 Å². The molecule has 0 amide bonds. The number of hydrogen-bond donors (Lipinski definition) is 1. The monoisotopic (exact) mass is 317 g/mol. The number of nitrogens with zero attached hydrogens (tertiary/aromatic N) is 4. The van der Waals surface area contributed by atoms with Crippen molar-refractivity contribution < 1.29 is 0 Å². The van der Waals surface area contributed by atoms with Crippen LogP contribution >= 0.6 is 23.1 Å². The lowest BCUT2D eigenvalue weighted by Crippen LogP contribution is -2.04.